The van der Waals surface area contributed by atoms with Crippen LogP contribution in [0.25, 0.3) is 0 Å². The van der Waals surface area contributed by atoms with Crippen LogP contribution in [-0.2, 0) is 6.18 Å². The molecule has 138 valence electrons. The van der Waals surface area contributed by atoms with Crippen LogP contribution in [0.1, 0.15) is 18.9 Å². The first-order chi connectivity index (χ1) is 12.3. The Morgan fingerprint density at radius 2 is 2.08 bits per heavy atom. The van der Waals surface area contributed by atoms with Crippen molar-refractivity contribution < 1.29 is 22.7 Å². The minimum atomic E-state index is -4.48. The molecule has 3 rings (SSSR count). The lowest BCUT2D eigenvalue weighted by atomic mass is 10.1. The number of urea groups is 1. The second-order valence-electron chi connectivity index (χ2n) is 5.88. The second-order valence-corrected chi connectivity index (χ2v) is 6.32. The van der Waals surface area contributed by atoms with Crippen molar-refractivity contribution in [3.8, 4) is 5.75 Å². The first-order valence-electron chi connectivity index (χ1n) is 8.00. The number of anilines is 2. The van der Waals surface area contributed by atoms with Crippen LogP contribution in [-0.4, -0.2) is 18.7 Å². The molecule has 1 aliphatic heterocycles. The Balaban J connectivity index is 1.87. The number of rotatable bonds is 2. The molecule has 0 unspecified atom stereocenters. The zero-order valence-electron chi connectivity index (χ0n) is 13.8. The summed E-state index contributed by atoms with van der Waals surface area (Å²) in [5.41, 5.74) is -0.285. The zero-order valence-corrected chi connectivity index (χ0v) is 14.6. The molecule has 0 saturated carbocycles. The quantitative estimate of drug-likeness (QED) is 0.735. The molecule has 2 aromatic carbocycles. The summed E-state index contributed by atoms with van der Waals surface area (Å²) in [4.78, 5) is 14.1. The number of nitrogens with zero attached hydrogens (tertiary/aromatic N) is 1. The van der Waals surface area contributed by atoms with Crippen molar-refractivity contribution in [2.24, 2.45) is 0 Å². The molecule has 8 heteroatoms. The van der Waals surface area contributed by atoms with E-state index in [1.165, 1.54) is 17.0 Å². The third-order valence-electron chi connectivity index (χ3n) is 4.03. The number of carbonyl (C=O) groups is 1. The van der Waals surface area contributed by atoms with Crippen molar-refractivity contribution in [3.63, 3.8) is 0 Å². The van der Waals surface area contributed by atoms with Gasteiger partial charge in [-0.25, -0.2) is 4.79 Å². The lowest BCUT2D eigenvalue weighted by Crippen LogP contribution is -2.45. The molecule has 1 heterocycles. The van der Waals surface area contributed by atoms with Crippen LogP contribution < -0.4 is 15.0 Å². The van der Waals surface area contributed by atoms with Gasteiger partial charge in [0.25, 0.3) is 0 Å². The van der Waals surface area contributed by atoms with Crippen LogP contribution >= 0.6 is 11.6 Å². The van der Waals surface area contributed by atoms with E-state index in [0.29, 0.717) is 22.9 Å². The van der Waals surface area contributed by atoms with Gasteiger partial charge in [-0.05, 0) is 42.8 Å². The number of alkyl halides is 3. The summed E-state index contributed by atoms with van der Waals surface area (Å²) in [6.07, 6.45) is -4.02. The smallest absolute Gasteiger partial charge is 0.416 e. The van der Waals surface area contributed by atoms with Crippen LogP contribution in [0.5, 0.6) is 5.75 Å². The van der Waals surface area contributed by atoms with Crippen molar-refractivity contribution in [2.75, 3.05) is 16.8 Å². The average Bonchev–Trinajstić information content (AvgIpc) is 2.60. The number of halogens is 4. The van der Waals surface area contributed by atoms with E-state index in [0.717, 1.165) is 12.1 Å². The van der Waals surface area contributed by atoms with E-state index < -0.39 is 17.8 Å². The molecular formula is C18H16ClF3N2O2. The van der Waals surface area contributed by atoms with Crippen LogP contribution in [0.2, 0.25) is 5.02 Å². The van der Waals surface area contributed by atoms with Gasteiger partial charge >= 0.3 is 12.2 Å². The van der Waals surface area contributed by atoms with E-state index in [2.05, 4.69) is 5.32 Å². The Morgan fingerprint density at radius 3 is 2.77 bits per heavy atom. The maximum absolute atomic E-state index is 12.8. The van der Waals surface area contributed by atoms with Crippen LogP contribution in [0.3, 0.4) is 0 Å². The first-order valence-corrected chi connectivity index (χ1v) is 8.37. The van der Waals surface area contributed by atoms with Gasteiger partial charge in [-0.1, -0.05) is 24.6 Å². The summed E-state index contributed by atoms with van der Waals surface area (Å²) in [5, 5.41) is 2.95. The maximum atomic E-state index is 12.8. The summed E-state index contributed by atoms with van der Waals surface area (Å²) in [6, 6.07) is 8.87. The summed E-state index contributed by atoms with van der Waals surface area (Å²) in [7, 11) is 0. The lowest BCUT2D eigenvalue weighted by Gasteiger charge is -2.34. The Kier molecular flexibility index (Phi) is 5.00. The van der Waals surface area contributed by atoms with E-state index in [1.54, 1.807) is 18.2 Å². The highest BCUT2D eigenvalue weighted by Gasteiger charge is 2.32. The van der Waals surface area contributed by atoms with Crippen molar-refractivity contribution in [3.05, 3.63) is 53.1 Å². The molecule has 0 aromatic heterocycles. The molecule has 0 radical (unpaired) electrons. The summed E-state index contributed by atoms with van der Waals surface area (Å²) in [6.45, 7) is 2.20. The topological polar surface area (TPSA) is 41.6 Å². The Hall–Kier alpha value is -2.41. The van der Waals surface area contributed by atoms with Crippen molar-refractivity contribution in [1.82, 2.24) is 0 Å². The normalized spacial score (nSPS) is 16.7. The van der Waals surface area contributed by atoms with E-state index in [9.17, 15) is 18.0 Å². The van der Waals surface area contributed by atoms with Gasteiger partial charge in [-0.2, -0.15) is 13.2 Å². The molecule has 26 heavy (non-hydrogen) atoms. The minimum absolute atomic E-state index is 0.0629. The lowest BCUT2D eigenvalue weighted by molar-refractivity contribution is -0.137. The van der Waals surface area contributed by atoms with Crippen LogP contribution in [0.4, 0.5) is 29.3 Å². The molecule has 0 spiro atoms. The molecule has 2 amide bonds. The fourth-order valence-electron chi connectivity index (χ4n) is 2.69. The average molecular weight is 385 g/mol. The van der Waals surface area contributed by atoms with E-state index in [1.807, 2.05) is 6.92 Å². The predicted octanol–water partition coefficient (Wildman–Crippen LogP) is 5.57. The summed E-state index contributed by atoms with van der Waals surface area (Å²) >= 11 is 6.01. The van der Waals surface area contributed by atoms with Gasteiger partial charge in [-0.3, -0.25) is 4.90 Å². The van der Waals surface area contributed by atoms with Crippen molar-refractivity contribution in [1.29, 1.82) is 0 Å². The SMILES string of the molecule is CC[C@@H]1CN(C(=O)Nc2cccc(C(F)(F)F)c2)c2cc(Cl)ccc2O1. The van der Waals surface area contributed by atoms with E-state index in [-0.39, 0.29) is 18.3 Å². The number of hydrogen-bond donors (Lipinski definition) is 1. The molecule has 0 fully saturated rings. The van der Waals surface area contributed by atoms with Gasteiger partial charge in [0, 0.05) is 10.7 Å². The van der Waals surface area contributed by atoms with Crippen LogP contribution in [0, 0.1) is 0 Å². The molecule has 0 aliphatic carbocycles. The molecular weight excluding hydrogens is 369 g/mol. The molecule has 0 saturated heterocycles. The number of benzene rings is 2. The predicted molar refractivity (Wildman–Crippen MR) is 94.0 cm³/mol. The number of fused-ring (bicyclic) bond motifs is 1. The fourth-order valence-corrected chi connectivity index (χ4v) is 2.86. The molecule has 2 aromatic rings. The summed E-state index contributed by atoms with van der Waals surface area (Å²) < 4.78 is 44.3. The highest BCUT2D eigenvalue weighted by molar-refractivity contribution is 6.31. The molecule has 4 nitrogen and oxygen atoms in total. The fraction of sp³-hybridized carbons (Fsp3) is 0.278. The Bertz CT molecular complexity index is 826. The number of nitrogens with one attached hydrogen (secondary N) is 1. The van der Waals surface area contributed by atoms with Gasteiger partial charge in [0.15, 0.2) is 0 Å². The standard InChI is InChI=1S/C18H16ClF3N2O2/c1-2-14-10-24(15-9-12(19)6-7-16(15)26-14)17(25)23-13-5-3-4-11(8-13)18(20,21)22/h3-9,14H,2,10H2,1H3,(H,23,25)/t14-/m1/s1. The summed E-state index contributed by atoms with van der Waals surface area (Å²) in [5.74, 6) is 0.506. The van der Waals surface area contributed by atoms with E-state index in [4.69, 9.17) is 16.3 Å². The minimum Gasteiger partial charge on any atom is -0.486 e. The zero-order chi connectivity index (χ0) is 18.9. The third kappa shape index (κ3) is 3.88. The van der Waals surface area contributed by atoms with Crippen molar-refractivity contribution >= 4 is 29.0 Å². The van der Waals surface area contributed by atoms with Gasteiger partial charge in [-0.15, -0.1) is 0 Å². The first kappa shape index (κ1) is 18.4. The Morgan fingerprint density at radius 1 is 1.31 bits per heavy atom. The third-order valence-corrected chi connectivity index (χ3v) is 4.27. The van der Waals surface area contributed by atoms with Gasteiger partial charge in [0.1, 0.15) is 11.9 Å². The van der Waals surface area contributed by atoms with Gasteiger partial charge < -0.3 is 10.1 Å². The maximum Gasteiger partial charge on any atom is 0.416 e. The second kappa shape index (κ2) is 7.07. The largest absolute Gasteiger partial charge is 0.486 e. The molecule has 1 N–H and O–H groups in total. The molecule has 1 aliphatic rings. The van der Waals surface area contributed by atoms with Gasteiger partial charge in [0.05, 0.1) is 17.8 Å². The van der Waals surface area contributed by atoms with Gasteiger partial charge in [0.2, 0.25) is 0 Å². The van der Waals surface area contributed by atoms with Crippen molar-refractivity contribution in [2.45, 2.75) is 25.6 Å². The Labute approximate surface area is 153 Å². The number of amides is 2. The van der Waals surface area contributed by atoms with Crippen LogP contribution in [0.15, 0.2) is 42.5 Å². The monoisotopic (exact) mass is 384 g/mol. The number of carbonyl (C=O) groups excluding carboxylic acids is 1. The molecule has 1 atom stereocenters. The number of hydrogen-bond acceptors (Lipinski definition) is 2. The number of ether oxygens (including phenoxy) is 1. The highest BCUT2D eigenvalue weighted by Crippen LogP contribution is 2.37. The molecule has 0 bridgehead atoms. The highest BCUT2D eigenvalue weighted by atomic mass is 35.5. The van der Waals surface area contributed by atoms with E-state index >= 15 is 0 Å².